The van der Waals surface area contributed by atoms with E-state index in [1.165, 1.54) is 10.3 Å². The third-order valence-corrected chi connectivity index (χ3v) is 5.81. The molecule has 0 saturated carbocycles. The molecule has 2 aromatic heterocycles. The monoisotopic (exact) mass is 356 g/mol. The second-order valence-corrected chi connectivity index (χ2v) is 7.73. The van der Waals surface area contributed by atoms with Crippen molar-refractivity contribution in [1.29, 1.82) is 0 Å². The van der Waals surface area contributed by atoms with Crippen LogP contribution in [0.5, 0.6) is 0 Å². The summed E-state index contributed by atoms with van der Waals surface area (Å²) in [5, 5.41) is 12.8. The Morgan fingerprint density at radius 1 is 1.12 bits per heavy atom. The number of fused-ring (bicyclic) bond motifs is 1. The van der Waals surface area contributed by atoms with Gasteiger partial charge in [-0.25, -0.2) is 0 Å². The lowest BCUT2D eigenvalue weighted by Gasteiger charge is -2.41. The fraction of sp³-hybridized carbons (Fsp3) is 0.400. The van der Waals surface area contributed by atoms with E-state index in [-0.39, 0.29) is 6.61 Å². The van der Waals surface area contributed by atoms with Gasteiger partial charge in [0.1, 0.15) is 11.3 Å². The van der Waals surface area contributed by atoms with E-state index < -0.39 is 0 Å². The topological polar surface area (TPSA) is 39.9 Å². The maximum absolute atomic E-state index is 9.47. The van der Waals surface area contributed by atoms with Crippen molar-refractivity contribution in [1.82, 2.24) is 9.80 Å². The minimum atomic E-state index is 0.240. The van der Waals surface area contributed by atoms with E-state index in [9.17, 15) is 5.11 Å². The van der Waals surface area contributed by atoms with Gasteiger partial charge >= 0.3 is 0 Å². The van der Waals surface area contributed by atoms with Crippen LogP contribution in [0, 0.1) is 0 Å². The summed E-state index contributed by atoms with van der Waals surface area (Å²) in [5.41, 5.74) is 0.959. The number of para-hydroxylation sites is 1. The number of hydrogen-bond acceptors (Lipinski definition) is 5. The van der Waals surface area contributed by atoms with E-state index >= 15 is 0 Å². The first-order chi connectivity index (χ1) is 12.3. The summed E-state index contributed by atoms with van der Waals surface area (Å²) in [7, 11) is 0. The van der Waals surface area contributed by atoms with Crippen LogP contribution in [0.1, 0.15) is 17.1 Å². The molecule has 25 heavy (non-hydrogen) atoms. The molecule has 1 N–H and O–H groups in total. The number of piperazine rings is 1. The number of nitrogens with zero attached hydrogens (tertiary/aromatic N) is 2. The van der Waals surface area contributed by atoms with E-state index in [0.29, 0.717) is 6.04 Å². The number of aliphatic hydroxyl groups excluding tert-OH is 1. The van der Waals surface area contributed by atoms with Crippen LogP contribution >= 0.6 is 11.3 Å². The zero-order valence-corrected chi connectivity index (χ0v) is 15.1. The lowest BCUT2D eigenvalue weighted by atomic mass is 10.1. The van der Waals surface area contributed by atoms with Crippen molar-refractivity contribution in [3.8, 4) is 0 Å². The average molecular weight is 356 g/mol. The van der Waals surface area contributed by atoms with Crippen molar-refractivity contribution in [2.24, 2.45) is 0 Å². The summed E-state index contributed by atoms with van der Waals surface area (Å²) in [6.45, 7) is 5.10. The second kappa shape index (κ2) is 7.70. The molecule has 3 aromatic rings. The molecular formula is C20H24N2O2S. The normalized spacial score (nSPS) is 19.6. The number of benzene rings is 1. The van der Waals surface area contributed by atoms with Gasteiger partial charge < -0.3 is 9.52 Å². The highest BCUT2D eigenvalue weighted by Gasteiger charge is 2.27. The summed E-state index contributed by atoms with van der Waals surface area (Å²) in [5.74, 6) is 1.02. The molecule has 0 radical (unpaired) electrons. The molecule has 3 heterocycles. The van der Waals surface area contributed by atoms with Crippen molar-refractivity contribution in [2.45, 2.75) is 25.6 Å². The molecule has 4 rings (SSSR count). The lowest BCUT2D eigenvalue weighted by Crippen LogP contribution is -2.52. The average Bonchev–Trinajstić information content (AvgIpc) is 3.26. The first-order valence-corrected chi connectivity index (χ1v) is 9.77. The van der Waals surface area contributed by atoms with Crippen LogP contribution in [-0.2, 0) is 13.1 Å². The standard InChI is InChI=1S/C20H24N2O2S/c23-10-7-17-13-21(8-9-22(17)15-19-5-3-11-25-19)14-18-12-16-4-1-2-6-20(16)24-18/h1-6,11-12,17,23H,7-10,13-15H2. The van der Waals surface area contributed by atoms with E-state index in [4.69, 9.17) is 4.42 Å². The van der Waals surface area contributed by atoms with Crippen LogP contribution in [0.25, 0.3) is 11.0 Å². The largest absolute Gasteiger partial charge is 0.460 e. The molecule has 1 aromatic carbocycles. The molecule has 1 aliphatic heterocycles. The number of aliphatic hydroxyl groups is 1. The predicted octanol–water partition coefficient (Wildman–Crippen LogP) is 3.56. The van der Waals surface area contributed by atoms with Gasteiger partial charge in [-0.1, -0.05) is 24.3 Å². The van der Waals surface area contributed by atoms with Gasteiger partial charge in [0.25, 0.3) is 0 Å². The first kappa shape index (κ1) is 16.8. The van der Waals surface area contributed by atoms with Gasteiger partial charge in [-0.05, 0) is 30.0 Å². The third-order valence-electron chi connectivity index (χ3n) is 4.95. The smallest absolute Gasteiger partial charge is 0.134 e. The Morgan fingerprint density at radius 2 is 2.04 bits per heavy atom. The van der Waals surface area contributed by atoms with Gasteiger partial charge in [-0.2, -0.15) is 0 Å². The van der Waals surface area contributed by atoms with Gasteiger partial charge in [0.2, 0.25) is 0 Å². The molecule has 4 nitrogen and oxygen atoms in total. The van der Waals surface area contributed by atoms with Crippen molar-refractivity contribution >= 4 is 22.3 Å². The fourth-order valence-corrected chi connectivity index (χ4v) is 4.40. The number of hydrogen-bond donors (Lipinski definition) is 1. The molecule has 0 amide bonds. The molecule has 132 valence electrons. The van der Waals surface area contributed by atoms with Crippen LogP contribution in [0.2, 0.25) is 0 Å². The van der Waals surface area contributed by atoms with Crippen LogP contribution in [0.4, 0.5) is 0 Å². The van der Waals surface area contributed by atoms with Crippen molar-refractivity contribution in [3.63, 3.8) is 0 Å². The predicted molar refractivity (Wildman–Crippen MR) is 102 cm³/mol. The maximum Gasteiger partial charge on any atom is 0.134 e. The first-order valence-electron chi connectivity index (χ1n) is 8.89. The van der Waals surface area contributed by atoms with Crippen molar-refractivity contribution < 1.29 is 9.52 Å². The van der Waals surface area contributed by atoms with E-state index in [1.807, 2.05) is 29.5 Å². The minimum absolute atomic E-state index is 0.240. The highest BCUT2D eigenvalue weighted by molar-refractivity contribution is 7.09. The van der Waals surface area contributed by atoms with Crippen LogP contribution in [0.15, 0.2) is 52.3 Å². The van der Waals surface area contributed by atoms with E-state index in [1.54, 1.807) is 0 Å². The van der Waals surface area contributed by atoms with Gasteiger partial charge in [0.15, 0.2) is 0 Å². The zero-order chi connectivity index (χ0) is 17.1. The van der Waals surface area contributed by atoms with Gasteiger partial charge in [0, 0.05) is 49.1 Å². The minimum Gasteiger partial charge on any atom is -0.460 e. The van der Waals surface area contributed by atoms with Gasteiger partial charge in [-0.15, -0.1) is 11.3 Å². The third kappa shape index (κ3) is 3.96. The number of furan rings is 1. The Bertz CT molecular complexity index is 766. The Morgan fingerprint density at radius 3 is 2.84 bits per heavy atom. The highest BCUT2D eigenvalue weighted by atomic mass is 32.1. The SMILES string of the molecule is OCCC1CN(Cc2cc3ccccc3o2)CCN1Cc1cccs1. The number of rotatable bonds is 6. The zero-order valence-electron chi connectivity index (χ0n) is 14.3. The van der Waals surface area contributed by atoms with Crippen molar-refractivity contribution in [3.05, 3.63) is 58.5 Å². The summed E-state index contributed by atoms with van der Waals surface area (Å²) >= 11 is 1.81. The molecular weight excluding hydrogens is 332 g/mol. The van der Waals surface area contributed by atoms with E-state index in [2.05, 4.69) is 39.4 Å². The van der Waals surface area contributed by atoms with Crippen LogP contribution < -0.4 is 0 Å². The van der Waals surface area contributed by atoms with Gasteiger partial charge in [-0.3, -0.25) is 9.80 Å². The molecule has 5 heteroatoms. The van der Waals surface area contributed by atoms with Gasteiger partial charge in [0.05, 0.1) is 6.54 Å². The molecule has 1 fully saturated rings. The summed E-state index contributed by atoms with van der Waals surface area (Å²) in [6, 6.07) is 15.0. The number of thiophene rings is 1. The maximum atomic E-state index is 9.47. The van der Waals surface area contributed by atoms with E-state index in [0.717, 1.165) is 50.5 Å². The second-order valence-electron chi connectivity index (χ2n) is 6.70. The molecule has 0 aliphatic carbocycles. The molecule has 0 bridgehead atoms. The lowest BCUT2D eigenvalue weighted by molar-refractivity contribution is 0.0477. The fourth-order valence-electron chi connectivity index (χ4n) is 3.67. The Hall–Kier alpha value is -1.66. The van der Waals surface area contributed by atoms with Crippen LogP contribution in [-0.4, -0.2) is 47.2 Å². The summed E-state index contributed by atoms with van der Waals surface area (Å²) in [4.78, 5) is 6.36. The Labute approximate surface area is 152 Å². The van der Waals surface area contributed by atoms with Crippen molar-refractivity contribution in [2.75, 3.05) is 26.2 Å². The Kier molecular flexibility index (Phi) is 5.17. The summed E-state index contributed by atoms with van der Waals surface area (Å²) < 4.78 is 5.98. The molecule has 1 unspecified atom stereocenters. The molecule has 0 spiro atoms. The quantitative estimate of drug-likeness (QED) is 0.733. The Balaban J connectivity index is 1.42. The molecule has 1 aliphatic rings. The highest BCUT2D eigenvalue weighted by Crippen LogP contribution is 2.23. The molecule has 1 saturated heterocycles. The van der Waals surface area contributed by atoms with Crippen LogP contribution in [0.3, 0.4) is 0 Å². The molecule has 1 atom stereocenters. The summed E-state index contributed by atoms with van der Waals surface area (Å²) in [6.07, 6.45) is 0.821.